The van der Waals surface area contributed by atoms with Gasteiger partial charge in [0.1, 0.15) is 10.9 Å². The van der Waals surface area contributed by atoms with Gasteiger partial charge in [0.15, 0.2) is 6.61 Å². The van der Waals surface area contributed by atoms with Crippen LogP contribution in [0.5, 0.6) is 5.75 Å². The zero-order valence-corrected chi connectivity index (χ0v) is 12.8. The molecule has 1 N–H and O–H groups in total. The minimum Gasteiger partial charge on any atom is -0.482 e. The van der Waals surface area contributed by atoms with Crippen LogP contribution in [-0.4, -0.2) is 23.7 Å². The fourth-order valence-corrected chi connectivity index (χ4v) is 1.97. The Morgan fingerprint density at radius 1 is 1.22 bits per heavy atom. The average molecular weight is 365 g/mol. The van der Waals surface area contributed by atoms with Crippen LogP contribution in [0.3, 0.4) is 0 Å². The van der Waals surface area contributed by atoms with E-state index in [1.807, 2.05) is 0 Å². The van der Waals surface area contributed by atoms with Crippen LogP contribution in [-0.2, 0) is 0 Å². The molecule has 2 aromatic rings. The van der Waals surface area contributed by atoms with Gasteiger partial charge in [-0.25, -0.2) is 4.98 Å². The highest BCUT2D eigenvalue weighted by Crippen LogP contribution is 2.30. The lowest BCUT2D eigenvalue weighted by atomic mass is 10.2. The summed E-state index contributed by atoms with van der Waals surface area (Å²) in [5.74, 6) is -0.742. The third kappa shape index (κ3) is 5.30. The molecule has 1 aromatic heterocycles. The van der Waals surface area contributed by atoms with Crippen molar-refractivity contribution >= 4 is 34.8 Å². The number of carbonyl (C=O) groups is 1. The summed E-state index contributed by atoms with van der Waals surface area (Å²) in [7, 11) is 0. The SMILES string of the molecule is O=C(Nc1cc(Cl)ccc1OCC(F)(F)F)c1ccnc(Cl)c1. The molecule has 1 heterocycles. The Kier molecular flexibility index (Phi) is 5.33. The predicted octanol–water partition coefficient (Wildman–Crippen LogP) is 4.58. The summed E-state index contributed by atoms with van der Waals surface area (Å²) in [6.07, 6.45) is -3.17. The molecule has 0 spiro atoms. The lowest BCUT2D eigenvalue weighted by Crippen LogP contribution is -2.20. The van der Waals surface area contributed by atoms with E-state index < -0.39 is 18.7 Å². The number of aromatic nitrogens is 1. The van der Waals surface area contributed by atoms with Gasteiger partial charge in [0.25, 0.3) is 5.91 Å². The lowest BCUT2D eigenvalue weighted by Gasteiger charge is -2.14. The fourth-order valence-electron chi connectivity index (χ4n) is 1.62. The predicted molar refractivity (Wildman–Crippen MR) is 80.2 cm³/mol. The van der Waals surface area contributed by atoms with Crippen LogP contribution in [0.1, 0.15) is 10.4 Å². The molecule has 0 bridgehead atoms. The highest BCUT2D eigenvalue weighted by molar-refractivity contribution is 6.31. The third-order valence-electron chi connectivity index (χ3n) is 2.57. The number of hydrogen-bond donors (Lipinski definition) is 1. The van der Waals surface area contributed by atoms with Crippen LogP contribution in [0.2, 0.25) is 10.2 Å². The van der Waals surface area contributed by atoms with Gasteiger partial charge in [-0.1, -0.05) is 23.2 Å². The van der Waals surface area contributed by atoms with Crippen molar-refractivity contribution in [3.63, 3.8) is 0 Å². The molecule has 2 rings (SSSR count). The second kappa shape index (κ2) is 7.06. The van der Waals surface area contributed by atoms with Gasteiger partial charge in [0.2, 0.25) is 0 Å². The highest BCUT2D eigenvalue weighted by Gasteiger charge is 2.29. The van der Waals surface area contributed by atoms with Crippen molar-refractivity contribution in [2.75, 3.05) is 11.9 Å². The van der Waals surface area contributed by atoms with E-state index in [0.29, 0.717) is 0 Å². The largest absolute Gasteiger partial charge is 0.482 e. The molecular weight excluding hydrogens is 356 g/mol. The summed E-state index contributed by atoms with van der Waals surface area (Å²) in [5.41, 5.74) is 0.200. The molecule has 23 heavy (non-hydrogen) atoms. The molecule has 0 aliphatic rings. The monoisotopic (exact) mass is 364 g/mol. The first-order chi connectivity index (χ1) is 10.7. The average Bonchev–Trinajstić information content (AvgIpc) is 2.45. The molecule has 0 aliphatic heterocycles. The first-order valence-corrected chi connectivity index (χ1v) is 6.92. The zero-order valence-electron chi connectivity index (χ0n) is 11.3. The van der Waals surface area contributed by atoms with Crippen LogP contribution >= 0.6 is 23.2 Å². The summed E-state index contributed by atoms with van der Waals surface area (Å²) in [6.45, 7) is -1.49. The van der Waals surface area contributed by atoms with E-state index in [-0.39, 0.29) is 27.2 Å². The number of anilines is 1. The summed E-state index contributed by atoms with van der Waals surface area (Å²) >= 11 is 11.5. The van der Waals surface area contributed by atoms with Gasteiger partial charge in [-0.2, -0.15) is 13.2 Å². The molecule has 1 aromatic carbocycles. The molecule has 9 heteroatoms. The quantitative estimate of drug-likeness (QED) is 0.807. The Morgan fingerprint density at radius 2 is 1.96 bits per heavy atom. The standard InChI is InChI=1S/C14H9Cl2F3N2O2/c15-9-1-2-11(23-7-14(17,18)19)10(6-9)21-13(22)8-3-4-20-12(16)5-8/h1-6H,7H2,(H,21,22). The lowest BCUT2D eigenvalue weighted by molar-refractivity contribution is -0.153. The molecule has 4 nitrogen and oxygen atoms in total. The van der Waals surface area contributed by atoms with Crippen molar-refractivity contribution in [1.82, 2.24) is 4.98 Å². The molecule has 0 atom stereocenters. The van der Waals surface area contributed by atoms with Crippen LogP contribution in [0.4, 0.5) is 18.9 Å². The second-order valence-electron chi connectivity index (χ2n) is 4.37. The summed E-state index contributed by atoms with van der Waals surface area (Å²) in [4.78, 5) is 15.8. The molecule has 0 fully saturated rings. The minimum absolute atomic E-state index is 0.0136. The highest BCUT2D eigenvalue weighted by atomic mass is 35.5. The number of nitrogens with zero attached hydrogens (tertiary/aromatic N) is 1. The van der Waals surface area contributed by atoms with Gasteiger partial charge in [-0.15, -0.1) is 0 Å². The fraction of sp³-hybridized carbons (Fsp3) is 0.143. The van der Waals surface area contributed by atoms with E-state index in [1.54, 1.807) is 0 Å². The smallest absolute Gasteiger partial charge is 0.422 e. The van der Waals surface area contributed by atoms with Gasteiger partial charge in [0.05, 0.1) is 5.69 Å². The van der Waals surface area contributed by atoms with Crippen molar-refractivity contribution in [1.29, 1.82) is 0 Å². The first kappa shape index (κ1) is 17.4. The van der Waals surface area contributed by atoms with Crippen LogP contribution in [0.15, 0.2) is 36.5 Å². The number of rotatable bonds is 4. The maximum Gasteiger partial charge on any atom is 0.422 e. The summed E-state index contributed by atoms with van der Waals surface area (Å²) in [5, 5.41) is 2.77. The van der Waals surface area contributed by atoms with Gasteiger partial charge in [-0.05, 0) is 30.3 Å². The van der Waals surface area contributed by atoms with E-state index in [2.05, 4.69) is 15.0 Å². The molecular formula is C14H9Cl2F3N2O2. The normalized spacial score (nSPS) is 11.2. The number of carbonyl (C=O) groups excluding carboxylic acids is 1. The topological polar surface area (TPSA) is 51.2 Å². The summed E-state index contributed by atoms with van der Waals surface area (Å²) in [6, 6.07) is 6.60. The molecule has 1 amide bonds. The number of hydrogen-bond acceptors (Lipinski definition) is 3. The van der Waals surface area contributed by atoms with Crippen molar-refractivity contribution in [2.24, 2.45) is 0 Å². The number of ether oxygens (including phenoxy) is 1. The number of halogens is 5. The Labute approximate surface area is 139 Å². The van der Waals surface area contributed by atoms with Crippen molar-refractivity contribution in [3.8, 4) is 5.75 Å². The maximum absolute atomic E-state index is 12.3. The van der Waals surface area contributed by atoms with E-state index in [9.17, 15) is 18.0 Å². The van der Waals surface area contributed by atoms with E-state index in [4.69, 9.17) is 23.2 Å². The molecule has 0 radical (unpaired) electrons. The Hall–Kier alpha value is -1.99. The second-order valence-corrected chi connectivity index (χ2v) is 5.19. The maximum atomic E-state index is 12.3. The van der Waals surface area contributed by atoms with Gasteiger partial charge < -0.3 is 10.1 Å². The van der Waals surface area contributed by atoms with Gasteiger partial charge in [0, 0.05) is 16.8 Å². The number of pyridine rings is 1. The van der Waals surface area contributed by atoms with Gasteiger partial charge >= 0.3 is 6.18 Å². The summed E-state index contributed by atoms with van der Waals surface area (Å²) < 4.78 is 41.5. The molecule has 122 valence electrons. The Bertz CT molecular complexity index is 723. The Morgan fingerprint density at radius 3 is 2.61 bits per heavy atom. The number of amides is 1. The third-order valence-corrected chi connectivity index (χ3v) is 3.01. The first-order valence-electron chi connectivity index (χ1n) is 6.16. The minimum atomic E-state index is -4.50. The van der Waals surface area contributed by atoms with Gasteiger partial charge in [-0.3, -0.25) is 4.79 Å². The number of nitrogens with one attached hydrogen (secondary N) is 1. The molecule has 0 aliphatic carbocycles. The Balaban J connectivity index is 2.21. The molecule has 0 unspecified atom stereocenters. The zero-order chi connectivity index (χ0) is 17.0. The van der Waals surface area contributed by atoms with Crippen molar-refractivity contribution in [3.05, 3.63) is 52.3 Å². The molecule has 0 saturated carbocycles. The van der Waals surface area contributed by atoms with E-state index >= 15 is 0 Å². The van der Waals surface area contributed by atoms with Crippen LogP contribution in [0.25, 0.3) is 0 Å². The van der Waals surface area contributed by atoms with E-state index in [1.165, 1.54) is 36.5 Å². The number of benzene rings is 1. The van der Waals surface area contributed by atoms with Crippen LogP contribution < -0.4 is 10.1 Å². The van der Waals surface area contributed by atoms with Crippen molar-refractivity contribution < 1.29 is 22.7 Å². The molecule has 0 saturated heterocycles. The van der Waals surface area contributed by atoms with Crippen molar-refractivity contribution in [2.45, 2.75) is 6.18 Å². The van der Waals surface area contributed by atoms with E-state index in [0.717, 1.165) is 0 Å². The van der Waals surface area contributed by atoms with Crippen LogP contribution in [0, 0.1) is 0 Å². The number of alkyl halides is 3.